The predicted molar refractivity (Wildman–Crippen MR) is 87.7 cm³/mol. The maximum Gasteiger partial charge on any atom is 0.213 e. The van der Waals surface area contributed by atoms with Gasteiger partial charge < -0.3 is 9.64 Å². The minimum atomic E-state index is 0.482. The lowest BCUT2D eigenvalue weighted by molar-refractivity contribution is 0.221. The molecule has 6 heteroatoms. The SMILES string of the molecule is c1ccc(OCC2CCCN(c3nccn4nccc34)C2)nc1. The van der Waals surface area contributed by atoms with Gasteiger partial charge in [-0.05, 0) is 25.0 Å². The molecule has 6 nitrogen and oxygen atoms in total. The standard InChI is InChI=1S/C17H19N5O/c1-2-7-18-16(5-1)23-13-14-4-3-10-21(12-14)17-15-6-8-20-22(15)11-9-19-17/h1-2,5-9,11,14H,3-4,10,12-13H2. The molecule has 1 aliphatic rings. The van der Waals surface area contributed by atoms with E-state index in [9.17, 15) is 0 Å². The Hall–Kier alpha value is -2.63. The Balaban J connectivity index is 1.46. The van der Waals surface area contributed by atoms with Crippen LogP contribution in [0.15, 0.2) is 49.1 Å². The van der Waals surface area contributed by atoms with Crippen molar-refractivity contribution in [1.82, 2.24) is 19.6 Å². The summed E-state index contributed by atoms with van der Waals surface area (Å²) in [6, 6.07) is 7.75. The van der Waals surface area contributed by atoms with Crippen LogP contribution in [0.25, 0.3) is 5.52 Å². The van der Waals surface area contributed by atoms with E-state index in [4.69, 9.17) is 4.74 Å². The van der Waals surface area contributed by atoms with Gasteiger partial charge in [-0.3, -0.25) is 0 Å². The van der Waals surface area contributed by atoms with E-state index in [1.165, 1.54) is 6.42 Å². The third-order valence-electron chi connectivity index (χ3n) is 4.23. The number of hydrogen-bond donors (Lipinski definition) is 0. The van der Waals surface area contributed by atoms with E-state index in [-0.39, 0.29) is 0 Å². The van der Waals surface area contributed by atoms with Crippen molar-refractivity contribution in [1.29, 1.82) is 0 Å². The molecule has 0 aromatic carbocycles. The first-order valence-electron chi connectivity index (χ1n) is 7.97. The molecule has 1 aliphatic heterocycles. The van der Waals surface area contributed by atoms with Gasteiger partial charge in [0.05, 0.1) is 12.8 Å². The molecular weight excluding hydrogens is 290 g/mol. The normalized spacial score (nSPS) is 18.3. The van der Waals surface area contributed by atoms with Crippen molar-refractivity contribution >= 4 is 11.3 Å². The fourth-order valence-electron chi connectivity index (χ4n) is 3.12. The highest BCUT2D eigenvalue weighted by molar-refractivity contribution is 5.68. The number of rotatable bonds is 4. The summed E-state index contributed by atoms with van der Waals surface area (Å²) < 4.78 is 7.70. The number of piperidine rings is 1. The number of fused-ring (bicyclic) bond motifs is 1. The van der Waals surface area contributed by atoms with Gasteiger partial charge in [0.25, 0.3) is 0 Å². The van der Waals surface area contributed by atoms with Crippen LogP contribution in [0.4, 0.5) is 5.82 Å². The van der Waals surface area contributed by atoms with Crippen molar-refractivity contribution in [3.05, 3.63) is 49.1 Å². The van der Waals surface area contributed by atoms with Gasteiger partial charge in [0.1, 0.15) is 5.52 Å². The summed E-state index contributed by atoms with van der Waals surface area (Å²) >= 11 is 0. The zero-order valence-electron chi connectivity index (χ0n) is 12.9. The second-order valence-corrected chi connectivity index (χ2v) is 5.85. The Morgan fingerprint density at radius 2 is 2.13 bits per heavy atom. The molecule has 0 saturated carbocycles. The second-order valence-electron chi connectivity index (χ2n) is 5.85. The van der Waals surface area contributed by atoms with Crippen molar-refractivity contribution in [2.24, 2.45) is 5.92 Å². The molecule has 0 radical (unpaired) electrons. The van der Waals surface area contributed by atoms with Crippen molar-refractivity contribution < 1.29 is 4.74 Å². The largest absolute Gasteiger partial charge is 0.477 e. The molecule has 0 N–H and O–H groups in total. The van der Waals surface area contributed by atoms with Crippen molar-refractivity contribution in [3.8, 4) is 5.88 Å². The summed E-state index contributed by atoms with van der Waals surface area (Å²) in [6.07, 6.45) is 9.57. The summed E-state index contributed by atoms with van der Waals surface area (Å²) in [5.41, 5.74) is 1.05. The molecule has 1 atom stereocenters. The number of ether oxygens (including phenoxy) is 1. The topological polar surface area (TPSA) is 55.5 Å². The van der Waals surface area contributed by atoms with Crippen LogP contribution in [0, 0.1) is 5.92 Å². The van der Waals surface area contributed by atoms with Crippen LogP contribution in [0.1, 0.15) is 12.8 Å². The molecule has 1 unspecified atom stereocenters. The molecule has 1 saturated heterocycles. The van der Waals surface area contributed by atoms with Crippen LogP contribution in [0.5, 0.6) is 5.88 Å². The number of aromatic nitrogens is 4. The highest BCUT2D eigenvalue weighted by atomic mass is 16.5. The van der Waals surface area contributed by atoms with Gasteiger partial charge in [0.15, 0.2) is 5.82 Å². The first-order valence-corrected chi connectivity index (χ1v) is 7.97. The lowest BCUT2D eigenvalue weighted by Gasteiger charge is -2.33. The van der Waals surface area contributed by atoms with E-state index in [1.807, 2.05) is 47.4 Å². The number of pyridine rings is 1. The van der Waals surface area contributed by atoms with Gasteiger partial charge in [-0.15, -0.1) is 0 Å². The van der Waals surface area contributed by atoms with Gasteiger partial charge in [-0.2, -0.15) is 5.10 Å². The number of anilines is 1. The Bertz CT molecular complexity index is 773. The Labute approximate surface area is 134 Å². The van der Waals surface area contributed by atoms with E-state index >= 15 is 0 Å². The average Bonchev–Trinajstić information content (AvgIpc) is 3.10. The molecule has 23 heavy (non-hydrogen) atoms. The molecule has 4 rings (SSSR count). The third kappa shape index (κ3) is 2.97. The Morgan fingerprint density at radius 3 is 3.04 bits per heavy atom. The van der Waals surface area contributed by atoms with Crippen LogP contribution in [-0.4, -0.2) is 39.3 Å². The van der Waals surface area contributed by atoms with Crippen LogP contribution < -0.4 is 9.64 Å². The van der Waals surface area contributed by atoms with Gasteiger partial charge in [-0.1, -0.05) is 6.07 Å². The van der Waals surface area contributed by atoms with Crippen molar-refractivity contribution in [2.75, 3.05) is 24.6 Å². The van der Waals surface area contributed by atoms with Crippen molar-refractivity contribution in [3.63, 3.8) is 0 Å². The van der Waals surface area contributed by atoms with Crippen LogP contribution >= 0.6 is 0 Å². The summed E-state index contributed by atoms with van der Waals surface area (Å²) in [4.78, 5) is 11.1. The third-order valence-corrected chi connectivity index (χ3v) is 4.23. The first-order chi connectivity index (χ1) is 11.4. The summed E-state index contributed by atoms with van der Waals surface area (Å²) in [6.45, 7) is 2.67. The lowest BCUT2D eigenvalue weighted by Crippen LogP contribution is -2.38. The molecule has 3 aromatic rings. The fourth-order valence-corrected chi connectivity index (χ4v) is 3.12. The van der Waals surface area contributed by atoms with Crippen LogP contribution in [0.2, 0.25) is 0 Å². The molecule has 118 valence electrons. The van der Waals surface area contributed by atoms with Gasteiger partial charge in [-0.25, -0.2) is 14.5 Å². The predicted octanol–water partition coefficient (Wildman–Crippen LogP) is 2.42. The smallest absolute Gasteiger partial charge is 0.213 e. The molecule has 0 bridgehead atoms. The highest BCUT2D eigenvalue weighted by Gasteiger charge is 2.23. The molecule has 3 aromatic heterocycles. The zero-order valence-corrected chi connectivity index (χ0v) is 12.9. The molecule has 0 spiro atoms. The van der Waals surface area contributed by atoms with E-state index in [2.05, 4.69) is 20.0 Å². The van der Waals surface area contributed by atoms with Gasteiger partial charge in [0.2, 0.25) is 5.88 Å². The fraction of sp³-hybridized carbons (Fsp3) is 0.353. The summed E-state index contributed by atoms with van der Waals surface area (Å²) in [5.74, 6) is 2.18. The summed E-state index contributed by atoms with van der Waals surface area (Å²) in [5, 5.41) is 4.29. The van der Waals surface area contributed by atoms with Gasteiger partial charge >= 0.3 is 0 Å². The molecule has 1 fully saturated rings. The molecular formula is C17H19N5O. The van der Waals surface area contributed by atoms with Crippen LogP contribution in [-0.2, 0) is 0 Å². The Morgan fingerprint density at radius 1 is 1.13 bits per heavy atom. The minimum Gasteiger partial charge on any atom is -0.477 e. The second kappa shape index (κ2) is 6.24. The first kappa shape index (κ1) is 14.0. The minimum absolute atomic E-state index is 0.482. The number of nitrogens with zero attached hydrogens (tertiary/aromatic N) is 5. The molecule has 4 heterocycles. The van der Waals surface area contributed by atoms with E-state index in [1.54, 1.807) is 6.20 Å². The zero-order chi connectivity index (χ0) is 15.5. The van der Waals surface area contributed by atoms with Crippen molar-refractivity contribution in [2.45, 2.75) is 12.8 Å². The highest BCUT2D eigenvalue weighted by Crippen LogP contribution is 2.25. The monoisotopic (exact) mass is 309 g/mol. The van der Waals surface area contributed by atoms with E-state index in [0.717, 1.165) is 30.8 Å². The van der Waals surface area contributed by atoms with Crippen LogP contribution in [0.3, 0.4) is 0 Å². The Kier molecular flexibility index (Phi) is 3.80. The lowest BCUT2D eigenvalue weighted by atomic mass is 9.99. The van der Waals surface area contributed by atoms with E-state index in [0.29, 0.717) is 18.4 Å². The van der Waals surface area contributed by atoms with E-state index < -0.39 is 0 Å². The average molecular weight is 309 g/mol. The molecule has 0 amide bonds. The molecule has 0 aliphatic carbocycles. The maximum atomic E-state index is 5.83. The quantitative estimate of drug-likeness (QED) is 0.741. The summed E-state index contributed by atoms with van der Waals surface area (Å²) in [7, 11) is 0. The maximum absolute atomic E-state index is 5.83. The number of hydrogen-bond acceptors (Lipinski definition) is 5. The van der Waals surface area contributed by atoms with Gasteiger partial charge in [0, 0.05) is 43.7 Å².